The molecule has 0 heterocycles. The van der Waals surface area contributed by atoms with Crippen LogP contribution in [0.2, 0.25) is 0 Å². The molecule has 1 saturated carbocycles. The monoisotopic (exact) mass is 276 g/mol. The zero-order valence-electron chi connectivity index (χ0n) is 11.6. The van der Waals surface area contributed by atoms with E-state index in [9.17, 15) is 9.59 Å². The molecule has 1 aromatic rings. The zero-order chi connectivity index (χ0) is 14.8. The van der Waals surface area contributed by atoms with Gasteiger partial charge in [-0.1, -0.05) is 12.1 Å². The SMILES string of the molecule is CCN(CCC(=O)O)C(=O)C1(c2ccc(N)cc2)CC1. The van der Waals surface area contributed by atoms with Crippen LogP contribution < -0.4 is 5.73 Å². The average Bonchev–Trinajstić information content (AvgIpc) is 3.21. The van der Waals surface area contributed by atoms with Crippen LogP contribution in [0.5, 0.6) is 0 Å². The fraction of sp³-hybridized carbons (Fsp3) is 0.467. The zero-order valence-corrected chi connectivity index (χ0v) is 11.6. The Bertz CT molecular complexity index is 506. The first kappa shape index (κ1) is 14.4. The summed E-state index contributed by atoms with van der Waals surface area (Å²) in [7, 11) is 0. The Hall–Kier alpha value is -2.04. The highest BCUT2D eigenvalue weighted by atomic mass is 16.4. The molecular formula is C15H20N2O3. The number of carboxylic acids is 1. The molecule has 20 heavy (non-hydrogen) atoms. The first-order valence-electron chi connectivity index (χ1n) is 6.87. The largest absolute Gasteiger partial charge is 0.481 e. The van der Waals surface area contributed by atoms with Gasteiger partial charge >= 0.3 is 5.97 Å². The number of rotatable bonds is 6. The van der Waals surface area contributed by atoms with Gasteiger partial charge in [-0.2, -0.15) is 0 Å². The summed E-state index contributed by atoms with van der Waals surface area (Å²) in [4.78, 5) is 25.0. The fourth-order valence-electron chi connectivity index (χ4n) is 2.49. The molecule has 1 aliphatic rings. The van der Waals surface area contributed by atoms with E-state index in [0.29, 0.717) is 12.2 Å². The van der Waals surface area contributed by atoms with Gasteiger partial charge in [0, 0.05) is 18.8 Å². The second kappa shape index (κ2) is 5.53. The minimum absolute atomic E-state index is 0.0165. The smallest absolute Gasteiger partial charge is 0.305 e. The van der Waals surface area contributed by atoms with Crippen molar-refractivity contribution in [3.63, 3.8) is 0 Å². The third kappa shape index (κ3) is 2.76. The van der Waals surface area contributed by atoms with Crippen LogP contribution in [0.3, 0.4) is 0 Å². The molecule has 0 unspecified atom stereocenters. The van der Waals surface area contributed by atoms with Gasteiger partial charge in [0.15, 0.2) is 0 Å². The van der Waals surface area contributed by atoms with Gasteiger partial charge in [-0.3, -0.25) is 9.59 Å². The highest BCUT2D eigenvalue weighted by Crippen LogP contribution is 2.49. The molecule has 1 fully saturated rings. The number of nitrogens with two attached hydrogens (primary N) is 1. The number of nitrogen functional groups attached to an aromatic ring is 1. The van der Waals surface area contributed by atoms with Gasteiger partial charge in [0.05, 0.1) is 11.8 Å². The van der Waals surface area contributed by atoms with Gasteiger partial charge in [0.25, 0.3) is 0 Å². The predicted octanol–water partition coefficient (Wildman–Crippen LogP) is 1.62. The minimum atomic E-state index is -0.881. The topological polar surface area (TPSA) is 83.6 Å². The van der Waals surface area contributed by atoms with Crippen LogP contribution in [-0.2, 0) is 15.0 Å². The number of carboxylic acid groups (broad SMARTS) is 1. The molecule has 0 atom stereocenters. The standard InChI is InChI=1S/C15H20N2O3/c1-2-17(10-7-13(18)19)14(20)15(8-9-15)11-3-5-12(16)6-4-11/h3-6H,2,7-10,16H2,1H3,(H,18,19). The van der Waals surface area contributed by atoms with E-state index >= 15 is 0 Å². The van der Waals surface area contributed by atoms with Crippen molar-refractivity contribution in [2.75, 3.05) is 18.8 Å². The lowest BCUT2D eigenvalue weighted by atomic mass is 9.94. The molecule has 1 aromatic carbocycles. The molecule has 1 aliphatic carbocycles. The molecule has 0 aliphatic heterocycles. The summed E-state index contributed by atoms with van der Waals surface area (Å²) in [6.45, 7) is 2.67. The highest BCUT2D eigenvalue weighted by molar-refractivity contribution is 5.91. The lowest BCUT2D eigenvalue weighted by Crippen LogP contribution is -2.40. The Morgan fingerprint density at radius 2 is 1.90 bits per heavy atom. The number of carbonyl (C=O) groups excluding carboxylic acids is 1. The molecule has 2 rings (SSSR count). The molecule has 0 saturated heterocycles. The minimum Gasteiger partial charge on any atom is -0.481 e. The summed E-state index contributed by atoms with van der Waals surface area (Å²) in [5.41, 5.74) is 6.87. The van der Waals surface area contributed by atoms with Crippen LogP contribution in [0.15, 0.2) is 24.3 Å². The molecule has 5 nitrogen and oxygen atoms in total. The van der Waals surface area contributed by atoms with E-state index in [0.717, 1.165) is 18.4 Å². The lowest BCUT2D eigenvalue weighted by Gasteiger charge is -2.26. The first-order valence-corrected chi connectivity index (χ1v) is 6.87. The molecule has 0 spiro atoms. The second-order valence-electron chi connectivity index (χ2n) is 5.23. The third-order valence-electron chi connectivity index (χ3n) is 3.89. The van der Waals surface area contributed by atoms with Crippen LogP contribution in [0.4, 0.5) is 5.69 Å². The van der Waals surface area contributed by atoms with Crippen LogP contribution >= 0.6 is 0 Å². The van der Waals surface area contributed by atoms with Crippen LogP contribution in [0, 0.1) is 0 Å². The molecule has 0 aromatic heterocycles. The third-order valence-corrected chi connectivity index (χ3v) is 3.89. The van der Waals surface area contributed by atoms with E-state index in [2.05, 4.69) is 0 Å². The maximum atomic E-state index is 12.7. The van der Waals surface area contributed by atoms with Crippen molar-refractivity contribution in [2.45, 2.75) is 31.6 Å². The van der Waals surface area contributed by atoms with Gasteiger partial charge in [0.2, 0.25) is 5.91 Å². The Kier molecular flexibility index (Phi) is 3.97. The highest BCUT2D eigenvalue weighted by Gasteiger charge is 2.52. The van der Waals surface area contributed by atoms with Crippen molar-refractivity contribution in [1.29, 1.82) is 0 Å². The number of aliphatic carboxylic acids is 1. The Morgan fingerprint density at radius 3 is 2.35 bits per heavy atom. The number of hydrogen-bond acceptors (Lipinski definition) is 3. The number of benzene rings is 1. The fourth-order valence-corrected chi connectivity index (χ4v) is 2.49. The number of amides is 1. The average molecular weight is 276 g/mol. The van der Waals surface area contributed by atoms with Crippen LogP contribution in [-0.4, -0.2) is 35.0 Å². The van der Waals surface area contributed by atoms with Gasteiger partial charge in [-0.25, -0.2) is 0 Å². The number of anilines is 1. The second-order valence-corrected chi connectivity index (χ2v) is 5.23. The summed E-state index contributed by atoms with van der Waals surface area (Å²) >= 11 is 0. The number of hydrogen-bond donors (Lipinski definition) is 2. The summed E-state index contributed by atoms with van der Waals surface area (Å²) in [5, 5.41) is 8.75. The molecule has 5 heteroatoms. The molecule has 108 valence electrons. The number of nitrogens with zero attached hydrogens (tertiary/aromatic N) is 1. The number of carbonyl (C=O) groups is 2. The van der Waals surface area contributed by atoms with E-state index in [1.807, 2.05) is 19.1 Å². The van der Waals surface area contributed by atoms with Crippen LogP contribution in [0.25, 0.3) is 0 Å². The maximum absolute atomic E-state index is 12.7. The summed E-state index contributed by atoms with van der Waals surface area (Å²) in [5.74, 6) is -0.848. The Morgan fingerprint density at radius 1 is 1.30 bits per heavy atom. The number of likely N-dealkylation sites (N-methyl/N-ethyl adjacent to an activating group) is 1. The van der Waals surface area contributed by atoms with E-state index in [1.54, 1.807) is 17.0 Å². The normalized spacial score (nSPS) is 15.7. The van der Waals surface area contributed by atoms with E-state index in [1.165, 1.54) is 0 Å². The quantitative estimate of drug-likeness (QED) is 0.773. The molecule has 1 amide bonds. The van der Waals surface area contributed by atoms with Gasteiger partial charge in [0.1, 0.15) is 0 Å². The van der Waals surface area contributed by atoms with Crippen molar-refractivity contribution in [2.24, 2.45) is 0 Å². The van der Waals surface area contributed by atoms with Crippen molar-refractivity contribution in [3.8, 4) is 0 Å². The van der Waals surface area contributed by atoms with Crippen molar-refractivity contribution < 1.29 is 14.7 Å². The lowest BCUT2D eigenvalue weighted by molar-refractivity contribution is -0.139. The predicted molar refractivity (Wildman–Crippen MR) is 76.3 cm³/mol. The van der Waals surface area contributed by atoms with Gasteiger partial charge in [-0.05, 0) is 37.5 Å². The maximum Gasteiger partial charge on any atom is 0.305 e. The van der Waals surface area contributed by atoms with Crippen molar-refractivity contribution in [1.82, 2.24) is 4.90 Å². The Labute approximate surface area is 118 Å². The van der Waals surface area contributed by atoms with Crippen LogP contribution in [0.1, 0.15) is 31.7 Å². The summed E-state index contributed by atoms with van der Waals surface area (Å²) < 4.78 is 0. The summed E-state index contributed by atoms with van der Waals surface area (Å²) in [6, 6.07) is 7.39. The summed E-state index contributed by atoms with van der Waals surface area (Å²) in [6.07, 6.45) is 1.62. The molecule has 0 radical (unpaired) electrons. The van der Waals surface area contributed by atoms with E-state index < -0.39 is 11.4 Å². The van der Waals surface area contributed by atoms with Gasteiger partial charge in [-0.15, -0.1) is 0 Å². The van der Waals surface area contributed by atoms with Crippen molar-refractivity contribution >= 4 is 17.6 Å². The Balaban J connectivity index is 2.14. The molecule has 3 N–H and O–H groups in total. The van der Waals surface area contributed by atoms with Crippen molar-refractivity contribution in [3.05, 3.63) is 29.8 Å². The van der Waals surface area contributed by atoms with Gasteiger partial charge < -0.3 is 15.7 Å². The van der Waals surface area contributed by atoms with E-state index in [4.69, 9.17) is 10.8 Å². The molecule has 0 bridgehead atoms. The first-order chi connectivity index (χ1) is 9.49. The molecular weight excluding hydrogens is 256 g/mol. The van der Waals surface area contributed by atoms with E-state index in [-0.39, 0.29) is 18.9 Å².